The average molecular weight is 454 g/mol. The molecule has 0 heterocycles. The summed E-state index contributed by atoms with van der Waals surface area (Å²) in [6, 6.07) is 11.1. The number of nitrogens with one attached hydrogen (secondary N) is 3. The normalized spacial score (nSPS) is 12.7. The molecule has 10 heteroatoms. The summed E-state index contributed by atoms with van der Waals surface area (Å²) < 4.78 is 54.3. The molecule has 164 valence electrons. The van der Waals surface area contributed by atoms with Gasteiger partial charge in [-0.15, -0.1) is 0 Å². The summed E-state index contributed by atoms with van der Waals surface area (Å²) in [5, 5.41) is 2.63. The third-order valence-electron chi connectivity index (χ3n) is 3.66. The highest BCUT2D eigenvalue weighted by atomic mass is 32.2. The van der Waals surface area contributed by atoms with Gasteiger partial charge in [0.1, 0.15) is 0 Å². The Hall–Kier alpha value is -2.27. The van der Waals surface area contributed by atoms with Crippen LogP contribution in [0.25, 0.3) is 0 Å². The van der Waals surface area contributed by atoms with Crippen LogP contribution in [0, 0.1) is 0 Å². The fourth-order valence-electron chi connectivity index (χ4n) is 2.57. The van der Waals surface area contributed by atoms with Crippen LogP contribution in [0.4, 0.5) is 5.69 Å². The maximum atomic E-state index is 12.5. The van der Waals surface area contributed by atoms with E-state index >= 15 is 0 Å². The summed E-state index contributed by atoms with van der Waals surface area (Å²) in [5.41, 5.74) is -0.112. The molecule has 0 aliphatic heterocycles. The van der Waals surface area contributed by atoms with Crippen molar-refractivity contribution in [3.8, 4) is 0 Å². The van der Waals surface area contributed by atoms with Crippen LogP contribution >= 0.6 is 0 Å². The first-order chi connectivity index (χ1) is 13.7. The van der Waals surface area contributed by atoms with Gasteiger partial charge in [0.25, 0.3) is 5.91 Å². The molecule has 0 aromatic heterocycles. The lowest BCUT2D eigenvalue weighted by atomic mass is 10.1. The first-order valence-electron chi connectivity index (χ1n) is 9.27. The number of sulfonamides is 2. The quantitative estimate of drug-likeness (QED) is 0.595. The molecule has 2 aromatic rings. The van der Waals surface area contributed by atoms with Crippen LogP contribution in [0.3, 0.4) is 0 Å². The third kappa shape index (κ3) is 6.63. The minimum absolute atomic E-state index is 0.0245. The second-order valence-corrected chi connectivity index (χ2v) is 11.5. The smallest absolute Gasteiger partial charge is 0.255 e. The first kappa shape index (κ1) is 24.0. The first-order valence-corrected chi connectivity index (χ1v) is 12.2. The number of hydrogen-bond acceptors (Lipinski definition) is 5. The topological polar surface area (TPSA) is 121 Å². The van der Waals surface area contributed by atoms with Crippen molar-refractivity contribution in [2.24, 2.45) is 0 Å². The molecule has 0 unspecified atom stereocenters. The number of anilines is 1. The molecule has 0 fully saturated rings. The Bertz CT molecular complexity index is 1120. The minimum atomic E-state index is -3.75. The van der Waals surface area contributed by atoms with Crippen molar-refractivity contribution in [3.05, 3.63) is 54.1 Å². The van der Waals surface area contributed by atoms with Gasteiger partial charge in [0.2, 0.25) is 20.0 Å². The zero-order chi connectivity index (χ0) is 22.7. The summed E-state index contributed by atoms with van der Waals surface area (Å²) in [7, 11) is -7.40. The molecule has 2 rings (SSSR count). The van der Waals surface area contributed by atoms with E-state index in [2.05, 4.69) is 14.8 Å². The molecule has 0 saturated carbocycles. The second kappa shape index (κ2) is 8.84. The molecule has 0 saturated heterocycles. The molecular formula is C20H27N3O5S2. The van der Waals surface area contributed by atoms with Gasteiger partial charge in [-0.25, -0.2) is 26.3 Å². The van der Waals surface area contributed by atoms with Gasteiger partial charge >= 0.3 is 0 Å². The monoisotopic (exact) mass is 453 g/mol. The molecule has 0 aliphatic rings. The van der Waals surface area contributed by atoms with Crippen LogP contribution in [0.1, 0.15) is 45.0 Å². The molecule has 0 bridgehead atoms. The summed E-state index contributed by atoms with van der Waals surface area (Å²) in [5.74, 6) is -0.492. The van der Waals surface area contributed by atoms with Gasteiger partial charge < -0.3 is 5.32 Å². The van der Waals surface area contributed by atoms with Crippen molar-refractivity contribution >= 4 is 31.6 Å². The van der Waals surface area contributed by atoms with E-state index in [-0.39, 0.29) is 21.4 Å². The third-order valence-corrected chi connectivity index (χ3v) is 7.09. The van der Waals surface area contributed by atoms with E-state index in [0.717, 1.165) is 0 Å². The van der Waals surface area contributed by atoms with Crippen molar-refractivity contribution in [2.45, 2.75) is 56.0 Å². The van der Waals surface area contributed by atoms with Crippen LogP contribution in [0.5, 0.6) is 0 Å². The Morgan fingerprint density at radius 2 is 1.47 bits per heavy atom. The van der Waals surface area contributed by atoms with Crippen LogP contribution in [0.2, 0.25) is 0 Å². The van der Waals surface area contributed by atoms with Crippen LogP contribution in [-0.4, -0.2) is 34.3 Å². The van der Waals surface area contributed by atoms with Crippen molar-refractivity contribution < 1.29 is 21.6 Å². The van der Waals surface area contributed by atoms with Gasteiger partial charge in [0, 0.05) is 22.8 Å². The molecule has 0 radical (unpaired) electrons. The van der Waals surface area contributed by atoms with E-state index in [9.17, 15) is 21.6 Å². The van der Waals surface area contributed by atoms with Crippen molar-refractivity contribution in [1.29, 1.82) is 0 Å². The van der Waals surface area contributed by atoms with Gasteiger partial charge in [-0.05, 0) is 77.1 Å². The molecule has 0 aliphatic carbocycles. The van der Waals surface area contributed by atoms with Crippen LogP contribution in [0.15, 0.2) is 58.3 Å². The summed E-state index contributed by atoms with van der Waals surface area (Å²) in [6.07, 6.45) is 0. The van der Waals surface area contributed by atoms with E-state index < -0.39 is 31.5 Å². The lowest BCUT2D eigenvalue weighted by Gasteiger charge is -2.20. The van der Waals surface area contributed by atoms with Gasteiger partial charge in [-0.3, -0.25) is 4.79 Å². The summed E-state index contributed by atoms with van der Waals surface area (Å²) >= 11 is 0. The fourth-order valence-corrected chi connectivity index (χ4v) is 5.29. The highest BCUT2D eigenvalue weighted by molar-refractivity contribution is 7.89. The molecule has 3 N–H and O–H groups in total. The zero-order valence-electron chi connectivity index (χ0n) is 17.6. The summed E-state index contributed by atoms with van der Waals surface area (Å²) in [6.45, 7) is 8.62. The van der Waals surface area contributed by atoms with Crippen molar-refractivity contribution in [1.82, 2.24) is 9.44 Å². The number of benzene rings is 2. The van der Waals surface area contributed by atoms with Gasteiger partial charge in [0.15, 0.2) is 0 Å². The van der Waals surface area contributed by atoms with E-state index in [0.29, 0.717) is 5.69 Å². The van der Waals surface area contributed by atoms with Crippen molar-refractivity contribution in [3.63, 3.8) is 0 Å². The Kier molecular flexibility index (Phi) is 7.08. The molecule has 0 spiro atoms. The second-order valence-electron chi connectivity index (χ2n) is 8.14. The number of rotatable bonds is 7. The lowest BCUT2D eigenvalue weighted by molar-refractivity contribution is 0.102. The average Bonchev–Trinajstić information content (AvgIpc) is 2.59. The van der Waals surface area contributed by atoms with Gasteiger partial charge in [-0.1, -0.05) is 6.07 Å². The largest absolute Gasteiger partial charge is 0.322 e. The maximum absolute atomic E-state index is 12.5. The summed E-state index contributed by atoms with van der Waals surface area (Å²) in [4.78, 5) is 12.6. The predicted molar refractivity (Wildman–Crippen MR) is 116 cm³/mol. The van der Waals surface area contributed by atoms with E-state index in [1.807, 2.05) is 0 Å². The molecule has 8 nitrogen and oxygen atoms in total. The Labute approximate surface area is 178 Å². The molecular weight excluding hydrogens is 426 g/mol. The SMILES string of the molecule is CC(C)NS(=O)(=O)c1ccc(C(=O)Nc2cccc(S(=O)(=O)NC(C)(C)C)c2)cc1. The zero-order valence-corrected chi connectivity index (χ0v) is 19.2. The van der Waals surface area contributed by atoms with Gasteiger partial charge in [0.05, 0.1) is 9.79 Å². The Morgan fingerprint density at radius 1 is 0.867 bits per heavy atom. The molecule has 2 aromatic carbocycles. The standard InChI is InChI=1S/C20H27N3O5S2/c1-14(2)22-29(25,26)17-11-9-15(10-12-17)19(24)21-16-7-6-8-18(13-16)30(27,28)23-20(3,4)5/h6-14,22-23H,1-5H3,(H,21,24). The molecule has 0 atom stereocenters. The Balaban J connectivity index is 2.19. The highest BCUT2D eigenvalue weighted by Crippen LogP contribution is 2.19. The van der Waals surface area contributed by atoms with Gasteiger partial charge in [-0.2, -0.15) is 0 Å². The maximum Gasteiger partial charge on any atom is 0.255 e. The van der Waals surface area contributed by atoms with Crippen LogP contribution < -0.4 is 14.8 Å². The number of carbonyl (C=O) groups is 1. The van der Waals surface area contributed by atoms with E-state index in [4.69, 9.17) is 0 Å². The van der Waals surface area contributed by atoms with Crippen molar-refractivity contribution in [2.75, 3.05) is 5.32 Å². The molecule has 30 heavy (non-hydrogen) atoms. The number of carbonyl (C=O) groups excluding carboxylic acids is 1. The number of hydrogen-bond donors (Lipinski definition) is 3. The number of amides is 1. The molecule has 1 amide bonds. The Morgan fingerprint density at radius 3 is 2.00 bits per heavy atom. The highest BCUT2D eigenvalue weighted by Gasteiger charge is 2.22. The van der Waals surface area contributed by atoms with Crippen LogP contribution in [-0.2, 0) is 20.0 Å². The minimum Gasteiger partial charge on any atom is -0.322 e. The fraction of sp³-hybridized carbons (Fsp3) is 0.350. The lowest BCUT2D eigenvalue weighted by Crippen LogP contribution is -2.40. The van der Waals surface area contributed by atoms with E-state index in [1.165, 1.54) is 42.5 Å². The van der Waals surface area contributed by atoms with E-state index in [1.54, 1.807) is 40.7 Å². The predicted octanol–water partition coefficient (Wildman–Crippen LogP) is 2.70.